The molecule has 0 aromatic carbocycles. The van der Waals surface area contributed by atoms with Gasteiger partial charge in [-0.25, -0.2) is 0 Å². The fraction of sp³-hybridized carbons (Fsp3) is 0.850. The zero-order chi connectivity index (χ0) is 19.5. The zero-order valence-electron chi connectivity index (χ0n) is 17.1. The Bertz CT molecular complexity index is 335. The van der Waals surface area contributed by atoms with Crippen molar-refractivity contribution in [1.29, 1.82) is 0 Å². The van der Waals surface area contributed by atoms with E-state index in [1.54, 1.807) is 0 Å². The molecule has 1 N–H and O–H groups in total. The fourth-order valence-electron chi connectivity index (χ4n) is 2.05. The summed E-state index contributed by atoms with van der Waals surface area (Å²) in [5.74, 6) is 0.901. The van der Waals surface area contributed by atoms with Gasteiger partial charge in [-0.05, 0) is 25.2 Å². The standard InChI is InChI=1S/C13H24N2O2.C4H10.C3H6O/c1-2-3-4-5-8-12(16)14-11-13(17)15-9-6-7-10-15;1-4(2)3;1-2-3-4/h2-11H2,1H3,(H,14,16);4H,1-3H3;3H,2H2,1H3. The maximum atomic E-state index is 11.6. The van der Waals surface area contributed by atoms with Crippen molar-refractivity contribution in [1.82, 2.24) is 10.2 Å². The average Bonchev–Trinajstić information content (AvgIpc) is 3.11. The second-order valence-corrected chi connectivity index (χ2v) is 6.98. The molecular weight excluding hydrogens is 316 g/mol. The van der Waals surface area contributed by atoms with Gasteiger partial charge in [0.2, 0.25) is 11.8 Å². The average molecular weight is 357 g/mol. The van der Waals surface area contributed by atoms with E-state index in [-0.39, 0.29) is 18.4 Å². The van der Waals surface area contributed by atoms with E-state index in [0.717, 1.165) is 51.0 Å². The van der Waals surface area contributed by atoms with Gasteiger partial charge in [-0.1, -0.05) is 53.9 Å². The molecule has 1 heterocycles. The minimum absolute atomic E-state index is 0.00801. The smallest absolute Gasteiger partial charge is 0.241 e. The van der Waals surface area contributed by atoms with E-state index in [0.29, 0.717) is 12.8 Å². The summed E-state index contributed by atoms with van der Waals surface area (Å²) in [7, 11) is 0. The third-order valence-electron chi connectivity index (χ3n) is 3.32. The topological polar surface area (TPSA) is 66.5 Å². The first-order valence-corrected chi connectivity index (χ1v) is 9.87. The Labute approximate surface area is 154 Å². The lowest BCUT2D eigenvalue weighted by Crippen LogP contribution is -2.38. The fourth-order valence-corrected chi connectivity index (χ4v) is 2.05. The Balaban J connectivity index is 0. The third-order valence-corrected chi connectivity index (χ3v) is 3.32. The second kappa shape index (κ2) is 18.9. The summed E-state index contributed by atoms with van der Waals surface area (Å²) in [5.41, 5.74) is 0. The lowest BCUT2D eigenvalue weighted by molar-refractivity contribution is -0.132. The van der Waals surface area contributed by atoms with Gasteiger partial charge in [-0.3, -0.25) is 9.59 Å². The summed E-state index contributed by atoms with van der Waals surface area (Å²) in [6.45, 7) is 12.3. The van der Waals surface area contributed by atoms with Crippen LogP contribution in [0.2, 0.25) is 0 Å². The number of carbonyl (C=O) groups excluding carboxylic acids is 3. The molecule has 0 bridgehead atoms. The van der Waals surface area contributed by atoms with Gasteiger partial charge in [0.05, 0.1) is 6.54 Å². The normalized spacial score (nSPS) is 12.6. The molecule has 0 unspecified atom stereocenters. The van der Waals surface area contributed by atoms with Gasteiger partial charge in [0.1, 0.15) is 6.29 Å². The lowest BCUT2D eigenvalue weighted by atomic mass is 10.1. The van der Waals surface area contributed by atoms with Gasteiger partial charge in [-0.15, -0.1) is 0 Å². The number of nitrogens with one attached hydrogen (secondary N) is 1. The van der Waals surface area contributed by atoms with E-state index < -0.39 is 0 Å². The quantitative estimate of drug-likeness (QED) is 0.529. The van der Waals surface area contributed by atoms with Crippen LogP contribution in [0.4, 0.5) is 0 Å². The van der Waals surface area contributed by atoms with Crippen molar-refractivity contribution in [3.05, 3.63) is 0 Å². The van der Waals surface area contributed by atoms with Crippen molar-refractivity contribution in [3.8, 4) is 0 Å². The van der Waals surface area contributed by atoms with Crippen LogP contribution in [-0.2, 0) is 14.4 Å². The highest BCUT2D eigenvalue weighted by Gasteiger charge is 2.17. The van der Waals surface area contributed by atoms with Crippen molar-refractivity contribution in [2.75, 3.05) is 19.6 Å². The molecule has 148 valence electrons. The number of rotatable bonds is 8. The van der Waals surface area contributed by atoms with E-state index in [1.165, 1.54) is 12.8 Å². The van der Waals surface area contributed by atoms with Gasteiger partial charge in [0.25, 0.3) is 0 Å². The Morgan fingerprint density at radius 2 is 1.56 bits per heavy atom. The molecule has 0 saturated carbocycles. The van der Waals surface area contributed by atoms with Crippen molar-refractivity contribution in [2.24, 2.45) is 5.92 Å². The maximum Gasteiger partial charge on any atom is 0.241 e. The molecular formula is C20H40N2O3. The highest BCUT2D eigenvalue weighted by molar-refractivity contribution is 5.84. The second-order valence-electron chi connectivity index (χ2n) is 6.98. The van der Waals surface area contributed by atoms with E-state index in [1.807, 2.05) is 11.8 Å². The van der Waals surface area contributed by atoms with E-state index >= 15 is 0 Å². The Hall–Kier alpha value is -1.39. The summed E-state index contributed by atoms with van der Waals surface area (Å²) in [6, 6.07) is 0. The summed E-state index contributed by atoms with van der Waals surface area (Å²) in [5, 5.41) is 2.71. The number of carbonyl (C=O) groups is 3. The van der Waals surface area contributed by atoms with Gasteiger partial charge in [-0.2, -0.15) is 0 Å². The Morgan fingerprint density at radius 1 is 1.04 bits per heavy atom. The minimum Gasteiger partial charge on any atom is -0.347 e. The summed E-state index contributed by atoms with van der Waals surface area (Å²) in [4.78, 5) is 34.1. The third kappa shape index (κ3) is 20.6. The number of amides is 2. The molecule has 0 spiro atoms. The Kier molecular flexibility index (Phi) is 19.6. The molecule has 5 heteroatoms. The summed E-state index contributed by atoms with van der Waals surface area (Å²) >= 11 is 0. The molecule has 1 aliphatic heterocycles. The number of likely N-dealkylation sites (tertiary alicyclic amines) is 1. The van der Waals surface area contributed by atoms with Crippen LogP contribution in [0.5, 0.6) is 0 Å². The predicted molar refractivity (Wildman–Crippen MR) is 104 cm³/mol. The molecule has 0 aliphatic carbocycles. The monoisotopic (exact) mass is 356 g/mol. The SMILES string of the molecule is CC(C)C.CCC=O.CCCCCCC(=O)NCC(=O)N1CCCC1. The highest BCUT2D eigenvalue weighted by Crippen LogP contribution is 2.07. The predicted octanol–water partition coefficient (Wildman–Crippen LogP) is 3.95. The van der Waals surface area contributed by atoms with Crippen LogP contribution in [0.1, 0.15) is 86.0 Å². The van der Waals surface area contributed by atoms with Crippen LogP contribution >= 0.6 is 0 Å². The number of unbranched alkanes of at least 4 members (excludes halogenated alkanes) is 3. The van der Waals surface area contributed by atoms with Crippen molar-refractivity contribution < 1.29 is 14.4 Å². The van der Waals surface area contributed by atoms with Crippen molar-refractivity contribution in [3.63, 3.8) is 0 Å². The number of hydrogen-bond donors (Lipinski definition) is 1. The summed E-state index contributed by atoms with van der Waals surface area (Å²) in [6.07, 6.45) is 8.64. The molecule has 25 heavy (non-hydrogen) atoms. The van der Waals surface area contributed by atoms with Gasteiger partial charge in [0, 0.05) is 25.9 Å². The molecule has 1 aliphatic rings. The largest absolute Gasteiger partial charge is 0.347 e. The molecule has 2 amide bonds. The van der Waals surface area contributed by atoms with Crippen LogP contribution in [0.25, 0.3) is 0 Å². The molecule has 5 nitrogen and oxygen atoms in total. The van der Waals surface area contributed by atoms with Crippen molar-refractivity contribution >= 4 is 18.1 Å². The Morgan fingerprint density at radius 3 is 2.00 bits per heavy atom. The first kappa shape index (κ1) is 25.8. The number of hydrogen-bond acceptors (Lipinski definition) is 3. The van der Waals surface area contributed by atoms with Crippen LogP contribution in [-0.4, -0.2) is 42.6 Å². The van der Waals surface area contributed by atoms with Gasteiger partial charge < -0.3 is 15.0 Å². The van der Waals surface area contributed by atoms with E-state index in [9.17, 15) is 14.4 Å². The van der Waals surface area contributed by atoms with E-state index in [4.69, 9.17) is 0 Å². The van der Waals surface area contributed by atoms with Gasteiger partial charge in [0.15, 0.2) is 0 Å². The zero-order valence-corrected chi connectivity index (χ0v) is 17.1. The number of nitrogens with zero attached hydrogens (tertiary/aromatic N) is 1. The van der Waals surface area contributed by atoms with Crippen LogP contribution < -0.4 is 5.32 Å². The first-order chi connectivity index (χ1) is 11.9. The van der Waals surface area contributed by atoms with Crippen LogP contribution in [0.3, 0.4) is 0 Å². The molecule has 0 aromatic heterocycles. The number of aldehydes is 1. The lowest BCUT2D eigenvalue weighted by Gasteiger charge is -2.15. The molecule has 0 aromatic rings. The molecule has 1 rings (SSSR count). The maximum absolute atomic E-state index is 11.6. The molecule has 1 fully saturated rings. The van der Waals surface area contributed by atoms with E-state index in [2.05, 4.69) is 33.0 Å². The minimum atomic E-state index is 0.00801. The van der Waals surface area contributed by atoms with Gasteiger partial charge >= 0.3 is 0 Å². The molecule has 1 saturated heterocycles. The van der Waals surface area contributed by atoms with Crippen molar-refractivity contribution in [2.45, 2.75) is 86.0 Å². The first-order valence-electron chi connectivity index (χ1n) is 9.87. The summed E-state index contributed by atoms with van der Waals surface area (Å²) < 4.78 is 0. The molecule has 0 atom stereocenters. The van der Waals surface area contributed by atoms with Crippen LogP contribution in [0, 0.1) is 5.92 Å². The van der Waals surface area contributed by atoms with Crippen LogP contribution in [0.15, 0.2) is 0 Å². The molecule has 0 radical (unpaired) electrons. The highest BCUT2D eigenvalue weighted by atomic mass is 16.2.